The summed E-state index contributed by atoms with van der Waals surface area (Å²) in [7, 11) is 2.31. The number of nitrogens with zero attached hydrogens (tertiary/aromatic N) is 1. The molecule has 23 heavy (non-hydrogen) atoms. The predicted molar refractivity (Wildman–Crippen MR) is 95.5 cm³/mol. The minimum absolute atomic E-state index is 0.103. The summed E-state index contributed by atoms with van der Waals surface area (Å²) in [6, 6.07) is 6.47. The largest absolute Gasteiger partial charge is 0.507 e. The highest BCUT2D eigenvalue weighted by molar-refractivity contribution is 6.60. The maximum absolute atomic E-state index is 10.4. The SMILES string of the molecule is CO[Si](CCCN=Cc1cccc(C(C)(C)C)c1O)(OC)OC. The summed E-state index contributed by atoms with van der Waals surface area (Å²) in [6.07, 6.45) is 2.53. The minimum atomic E-state index is -2.51. The lowest BCUT2D eigenvalue weighted by molar-refractivity contribution is 0.123. The number of hydrogen-bond donors (Lipinski definition) is 1. The first-order valence-electron chi connectivity index (χ1n) is 7.77. The van der Waals surface area contributed by atoms with E-state index in [4.69, 9.17) is 13.3 Å². The Morgan fingerprint density at radius 1 is 1.13 bits per heavy atom. The van der Waals surface area contributed by atoms with Crippen LogP contribution in [0.1, 0.15) is 38.3 Å². The number of aliphatic imine (C=N–C) groups is 1. The molecule has 0 saturated carbocycles. The quantitative estimate of drug-likeness (QED) is 0.448. The smallest absolute Gasteiger partial charge is 0.500 e. The van der Waals surface area contributed by atoms with Gasteiger partial charge in [-0.2, -0.15) is 0 Å². The van der Waals surface area contributed by atoms with Gasteiger partial charge in [-0.15, -0.1) is 0 Å². The average Bonchev–Trinajstić information content (AvgIpc) is 2.52. The molecule has 0 spiro atoms. The monoisotopic (exact) mass is 339 g/mol. The summed E-state index contributed by atoms with van der Waals surface area (Å²) in [5.74, 6) is 0.304. The zero-order valence-corrected chi connectivity index (χ0v) is 16.0. The molecule has 0 amide bonds. The summed E-state index contributed by atoms with van der Waals surface area (Å²) >= 11 is 0. The minimum Gasteiger partial charge on any atom is -0.507 e. The van der Waals surface area contributed by atoms with E-state index in [1.54, 1.807) is 27.5 Å². The number of phenols is 1. The van der Waals surface area contributed by atoms with Crippen LogP contribution in [0.3, 0.4) is 0 Å². The van der Waals surface area contributed by atoms with Gasteiger partial charge in [0.05, 0.1) is 0 Å². The summed E-state index contributed by atoms with van der Waals surface area (Å²) in [4.78, 5) is 4.40. The molecular formula is C17H29NO4Si. The van der Waals surface area contributed by atoms with Crippen LogP contribution in [0.4, 0.5) is 0 Å². The molecule has 130 valence electrons. The zero-order chi connectivity index (χ0) is 17.5. The van der Waals surface area contributed by atoms with E-state index in [0.717, 1.165) is 17.5 Å². The molecule has 1 aromatic carbocycles. The molecule has 0 radical (unpaired) electrons. The fraction of sp³-hybridized carbons (Fsp3) is 0.588. The highest BCUT2D eigenvalue weighted by atomic mass is 28.4. The van der Waals surface area contributed by atoms with Crippen molar-refractivity contribution in [2.45, 2.75) is 38.7 Å². The number of phenolic OH excluding ortho intramolecular Hbond substituents is 1. The summed E-state index contributed by atoms with van der Waals surface area (Å²) < 4.78 is 16.1. The second kappa shape index (κ2) is 8.59. The van der Waals surface area contributed by atoms with Crippen LogP contribution in [0.15, 0.2) is 23.2 Å². The molecule has 0 bridgehead atoms. The van der Waals surface area contributed by atoms with Gasteiger partial charge in [0.1, 0.15) is 5.75 Å². The molecule has 0 aliphatic rings. The highest BCUT2D eigenvalue weighted by Gasteiger charge is 2.36. The van der Waals surface area contributed by atoms with E-state index in [1.807, 2.05) is 18.2 Å². The van der Waals surface area contributed by atoms with Crippen molar-refractivity contribution in [3.8, 4) is 5.75 Å². The molecule has 0 fully saturated rings. The Bertz CT molecular complexity index is 514. The Morgan fingerprint density at radius 2 is 1.74 bits per heavy atom. The summed E-state index contributed by atoms with van der Waals surface area (Å²) in [5, 5.41) is 10.4. The van der Waals surface area contributed by atoms with Gasteiger partial charge in [-0.3, -0.25) is 4.99 Å². The van der Waals surface area contributed by atoms with Crippen molar-refractivity contribution in [2.24, 2.45) is 4.99 Å². The zero-order valence-electron chi connectivity index (χ0n) is 15.0. The average molecular weight is 340 g/mol. The molecule has 0 atom stereocenters. The Kier molecular flexibility index (Phi) is 7.40. The highest BCUT2D eigenvalue weighted by Crippen LogP contribution is 2.32. The van der Waals surface area contributed by atoms with Gasteiger partial charge in [0.2, 0.25) is 0 Å². The van der Waals surface area contributed by atoms with E-state index in [1.165, 1.54) is 0 Å². The summed E-state index contributed by atoms with van der Waals surface area (Å²) in [5.41, 5.74) is 1.56. The second-order valence-corrected chi connectivity index (χ2v) is 9.52. The van der Waals surface area contributed by atoms with Crippen LogP contribution in [0, 0.1) is 0 Å². The van der Waals surface area contributed by atoms with Crippen LogP contribution in [0.2, 0.25) is 6.04 Å². The van der Waals surface area contributed by atoms with Crippen LogP contribution in [0.25, 0.3) is 0 Å². The van der Waals surface area contributed by atoms with E-state index in [2.05, 4.69) is 25.8 Å². The van der Waals surface area contributed by atoms with Crippen molar-refractivity contribution in [1.82, 2.24) is 0 Å². The Labute approximate surface area is 140 Å². The van der Waals surface area contributed by atoms with Crippen molar-refractivity contribution in [2.75, 3.05) is 27.9 Å². The van der Waals surface area contributed by atoms with Gasteiger partial charge in [-0.05, 0) is 23.5 Å². The Hall–Kier alpha value is -1.21. The van der Waals surface area contributed by atoms with Crippen molar-refractivity contribution in [1.29, 1.82) is 0 Å². The number of rotatable bonds is 8. The van der Waals surface area contributed by atoms with Crippen molar-refractivity contribution in [3.63, 3.8) is 0 Å². The first kappa shape index (κ1) is 19.8. The van der Waals surface area contributed by atoms with Crippen LogP contribution in [-0.4, -0.2) is 48.0 Å². The van der Waals surface area contributed by atoms with Crippen LogP contribution in [-0.2, 0) is 18.7 Å². The van der Waals surface area contributed by atoms with E-state index >= 15 is 0 Å². The molecule has 0 heterocycles. The lowest BCUT2D eigenvalue weighted by Crippen LogP contribution is -2.42. The van der Waals surface area contributed by atoms with Crippen LogP contribution < -0.4 is 0 Å². The molecule has 0 saturated heterocycles. The van der Waals surface area contributed by atoms with Gasteiger partial charge in [-0.25, -0.2) is 0 Å². The normalized spacial score (nSPS) is 13.0. The maximum atomic E-state index is 10.4. The molecule has 1 aromatic rings. The first-order chi connectivity index (χ1) is 10.8. The first-order valence-corrected chi connectivity index (χ1v) is 9.70. The number of benzene rings is 1. The third-order valence-electron chi connectivity index (χ3n) is 3.81. The molecule has 1 rings (SSSR count). The summed E-state index contributed by atoms with van der Waals surface area (Å²) in [6.45, 7) is 6.86. The van der Waals surface area contributed by atoms with E-state index in [0.29, 0.717) is 18.3 Å². The van der Waals surface area contributed by atoms with Gasteiger partial charge in [-0.1, -0.05) is 32.9 Å². The van der Waals surface area contributed by atoms with E-state index in [9.17, 15) is 5.11 Å². The second-order valence-electron chi connectivity index (χ2n) is 6.43. The predicted octanol–water partition coefficient (Wildman–Crippen LogP) is 3.38. The molecule has 6 heteroatoms. The molecule has 0 aliphatic heterocycles. The standard InChI is InChI=1S/C17H29NO4Si/c1-17(2,3)15-10-7-9-14(16(15)19)13-18-11-8-12-23(20-4,21-5)22-6/h7,9-10,13,19H,8,11-12H2,1-6H3. The molecule has 0 aliphatic carbocycles. The maximum Gasteiger partial charge on any atom is 0.500 e. The van der Waals surface area contributed by atoms with Gasteiger partial charge >= 0.3 is 8.80 Å². The molecule has 5 nitrogen and oxygen atoms in total. The number of aromatic hydroxyl groups is 1. The Balaban J connectivity index is 2.66. The lowest BCUT2D eigenvalue weighted by atomic mass is 9.85. The lowest BCUT2D eigenvalue weighted by Gasteiger charge is -2.23. The van der Waals surface area contributed by atoms with Gasteiger partial charge in [0, 0.05) is 45.7 Å². The fourth-order valence-electron chi connectivity index (χ4n) is 2.38. The Morgan fingerprint density at radius 3 is 2.26 bits per heavy atom. The van der Waals surface area contributed by atoms with Crippen LogP contribution >= 0.6 is 0 Å². The number of hydrogen-bond acceptors (Lipinski definition) is 5. The van der Waals surface area contributed by atoms with Gasteiger partial charge in [0.15, 0.2) is 0 Å². The molecular weight excluding hydrogens is 310 g/mol. The van der Waals surface area contributed by atoms with Crippen molar-refractivity contribution < 1.29 is 18.4 Å². The van der Waals surface area contributed by atoms with Crippen molar-refractivity contribution in [3.05, 3.63) is 29.3 Å². The fourth-order valence-corrected chi connectivity index (χ4v) is 4.08. The molecule has 0 unspecified atom stereocenters. The number of para-hydroxylation sites is 1. The van der Waals surface area contributed by atoms with E-state index < -0.39 is 8.80 Å². The molecule has 0 aromatic heterocycles. The topological polar surface area (TPSA) is 60.3 Å². The third-order valence-corrected chi connectivity index (χ3v) is 6.64. The van der Waals surface area contributed by atoms with Gasteiger partial charge in [0.25, 0.3) is 0 Å². The molecule has 1 N–H and O–H groups in total. The van der Waals surface area contributed by atoms with E-state index in [-0.39, 0.29) is 5.41 Å². The third kappa shape index (κ3) is 5.42. The van der Waals surface area contributed by atoms with Crippen LogP contribution in [0.5, 0.6) is 5.75 Å². The van der Waals surface area contributed by atoms with Crippen molar-refractivity contribution >= 4 is 15.0 Å². The van der Waals surface area contributed by atoms with Gasteiger partial charge < -0.3 is 18.4 Å².